The molecule has 1 fully saturated rings. The Morgan fingerprint density at radius 1 is 1.30 bits per heavy atom. The minimum atomic E-state index is -0.651. The molecule has 2 rings (SSSR count). The summed E-state index contributed by atoms with van der Waals surface area (Å²) in [5.74, 6) is 2.15. The second-order valence-corrected chi connectivity index (χ2v) is 5.10. The Labute approximate surface area is 120 Å². The fourth-order valence-corrected chi connectivity index (χ4v) is 2.36. The molecule has 0 radical (unpaired) electrons. The first-order valence-electron chi connectivity index (χ1n) is 7.05. The topological polar surface area (TPSA) is 58.4 Å². The number of nitrogens with zero attached hydrogens (tertiary/aromatic N) is 1. The van der Waals surface area contributed by atoms with E-state index in [1.807, 2.05) is 24.3 Å². The molecule has 0 aromatic heterocycles. The van der Waals surface area contributed by atoms with Crippen LogP contribution in [0.15, 0.2) is 24.3 Å². The van der Waals surface area contributed by atoms with Crippen molar-refractivity contribution in [1.82, 2.24) is 0 Å². The van der Waals surface area contributed by atoms with E-state index in [0.29, 0.717) is 0 Å². The first-order chi connectivity index (χ1) is 9.70. The number of carbonyl (C=O) groups excluding carboxylic acids is 1. The first kappa shape index (κ1) is 14.4. The highest BCUT2D eigenvalue weighted by Crippen LogP contribution is 2.21. The van der Waals surface area contributed by atoms with Crippen LogP contribution in [-0.4, -0.2) is 25.0 Å². The van der Waals surface area contributed by atoms with E-state index in [4.69, 9.17) is 12.2 Å². The van der Waals surface area contributed by atoms with Crippen LogP contribution in [0.1, 0.15) is 25.7 Å². The van der Waals surface area contributed by atoms with Crippen LogP contribution >= 0.6 is 0 Å². The van der Waals surface area contributed by atoms with Gasteiger partial charge in [-0.2, -0.15) is 0 Å². The third-order valence-electron chi connectivity index (χ3n) is 3.53. The van der Waals surface area contributed by atoms with Gasteiger partial charge >= 0.3 is 0 Å². The molecule has 1 unspecified atom stereocenters. The van der Waals surface area contributed by atoms with E-state index in [-0.39, 0.29) is 12.3 Å². The highest BCUT2D eigenvalue weighted by Gasteiger charge is 2.13. The van der Waals surface area contributed by atoms with Crippen molar-refractivity contribution >= 4 is 17.3 Å². The molecule has 1 amide bonds. The number of piperidine rings is 1. The van der Waals surface area contributed by atoms with Gasteiger partial charge in [0, 0.05) is 30.9 Å². The molecule has 0 saturated carbocycles. The predicted octanol–water partition coefficient (Wildman–Crippen LogP) is 1.97. The summed E-state index contributed by atoms with van der Waals surface area (Å²) in [4.78, 5) is 14.1. The van der Waals surface area contributed by atoms with Crippen molar-refractivity contribution in [3.8, 4) is 12.3 Å². The van der Waals surface area contributed by atoms with Crippen LogP contribution in [0.3, 0.4) is 0 Å². The Morgan fingerprint density at radius 3 is 2.55 bits per heavy atom. The lowest BCUT2D eigenvalue weighted by Gasteiger charge is -2.28. The zero-order chi connectivity index (χ0) is 14.4. The molecule has 1 aliphatic rings. The van der Waals surface area contributed by atoms with Crippen LogP contribution in [0.2, 0.25) is 0 Å². The Hall–Kier alpha value is -1.99. The number of benzene rings is 1. The summed E-state index contributed by atoms with van der Waals surface area (Å²) in [6.45, 7) is 2.22. The van der Waals surface area contributed by atoms with Crippen molar-refractivity contribution in [3.63, 3.8) is 0 Å². The maximum Gasteiger partial charge on any atom is 0.242 e. The van der Waals surface area contributed by atoms with E-state index in [2.05, 4.69) is 16.1 Å². The summed E-state index contributed by atoms with van der Waals surface area (Å²) >= 11 is 0. The molecule has 1 atom stereocenters. The zero-order valence-corrected chi connectivity index (χ0v) is 11.6. The van der Waals surface area contributed by atoms with Gasteiger partial charge in [-0.1, -0.05) is 0 Å². The van der Waals surface area contributed by atoms with Crippen LogP contribution in [-0.2, 0) is 4.79 Å². The summed E-state index contributed by atoms with van der Waals surface area (Å²) < 4.78 is 0. The number of terminal acetylenes is 1. The maximum atomic E-state index is 11.7. The zero-order valence-electron chi connectivity index (χ0n) is 11.6. The molecule has 1 aromatic rings. The van der Waals surface area contributed by atoms with Crippen molar-refractivity contribution < 1.29 is 4.79 Å². The van der Waals surface area contributed by atoms with Gasteiger partial charge in [0.2, 0.25) is 5.91 Å². The molecule has 0 bridgehead atoms. The summed E-state index contributed by atoms with van der Waals surface area (Å²) in [6.07, 6.45) is 9.21. The van der Waals surface area contributed by atoms with E-state index < -0.39 is 6.04 Å². The van der Waals surface area contributed by atoms with Crippen LogP contribution < -0.4 is 16.0 Å². The lowest BCUT2D eigenvalue weighted by atomic mass is 10.1. The number of carbonyl (C=O) groups is 1. The third-order valence-corrected chi connectivity index (χ3v) is 3.53. The Morgan fingerprint density at radius 2 is 1.95 bits per heavy atom. The lowest BCUT2D eigenvalue weighted by Crippen LogP contribution is -2.35. The van der Waals surface area contributed by atoms with Crippen LogP contribution in [0.5, 0.6) is 0 Å². The molecule has 1 heterocycles. The van der Waals surface area contributed by atoms with Gasteiger partial charge in [-0.15, -0.1) is 12.3 Å². The number of nitrogens with one attached hydrogen (secondary N) is 1. The van der Waals surface area contributed by atoms with Gasteiger partial charge in [0.15, 0.2) is 0 Å². The van der Waals surface area contributed by atoms with Crippen LogP contribution in [0, 0.1) is 12.3 Å². The van der Waals surface area contributed by atoms with Crippen molar-refractivity contribution in [2.75, 3.05) is 23.3 Å². The summed E-state index contributed by atoms with van der Waals surface area (Å²) in [7, 11) is 0. The monoisotopic (exact) mass is 271 g/mol. The molecule has 106 valence electrons. The molecule has 20 heavy (non-hydrogen) atoms. The molecular weight excluding hydrogens is 250 g/mol. The largest absolute Gasteiger partial charge is 0.372 e. The van der Waals surface area contributed by atoms with Gasteiger partial charge in [0.1, 0.15) is 0 Å². The number of nitrogens with two attached hydrogens (primary N) is 1. The number of amides is 1. The number of hydrogen-bond donors (Lipinski definition) is 2. The Balaban J connectivity index is 1.94. The molecule has 3 N–H and O–H groups in total. The smallest absolute Gasteiger partial charge is 0.242 e. The molecule has 0 spiro atoms. The number of anilines is 2. The molecule has 1 saturated heterocycles. The molecular formula is C16H21N3O. The van der Waals surface area contributed by atoms with Gasteiger partial charge in [-0.25, -0.2) is 0 Å². The minimum absolute atomic E-state index is 0.242. The normalized spacial score (nSPS) is 16.3. The summed E-state index contributed by atoms with van der Waals surface area (Å²) in [5.41, 5.74) is 7.62. The highest BCUT2D eigenvalue weighted by molar-refractivity contribution is 5.95. The van der Waals surface area contributed by atoms with E-state index in [9.17, 15) is 4.79 Å². The average molecular weight is 271 g/mol. The van der Waals surface area contributed by atoms with Gasteiger partial charge in [0.05, 0.1) is 6.04 Å². The summed E-state index contributed by atoms with van der Waals surface area (Å²) in [5, 5.41) is 2.78. The Kier molecular flexibility index (Phi) is 5.03. The third kappa shape index (κ3) is 3.75. The number of rotatable bonds is 4. The van der Waals surface area contributed by atoms with Gasteiger partial charge in [-0.05, 0) is 43.5 Å². The van der Waals surface area contributed by atoms with Crippen molar-refractivity contribution in [2.24, 2.45) is 5.73 Å². The van der Waals surface area contributed by atoms with E-state index in [1.54, 1.807) is 0 Å². The van der Waals surface area contributed by atoms with Crippen LogP contribution in [0.25, 0.3) is 0 Å². The van der Waals surface area contributed by atoms with Crippen LogP contribution in [0.4, 0.5) is 11.4 Å². The summed E-state index contributed by atoms with van der Waals surface area (Å²) in [6, 6.07) is 7.23. The van der Waals surface area contributed by atoms with Gasteiger partial charge < -0.3 is 16.0 Å². The first-order valence-corrected chi connectivity index (χ1v) is 7.05. The predicted molar refractivity (Wildman–Crippen MR) is 82.6 cm³/mol. The molecule has 0 aliphatic carbocycles. The average Bonchev–Trinajstić information content (AvgIpc) is 2.49. The van der Waals surface area contributed by atoms with Gasteiger partial charge in [0.25, 0.3) is 0 Å². The van der Waals surface area contributed by atoms with E-state index in [1.165, 1.54) is 24.9 Å². The quantitative estimate of drug-likeness (QED) is 0.823. The van der Waals surface area contributed by atoms with Gasteiger partial charge in [-0.3, -0.25) is 4.79 Å². The lowest BCUT2D eigenvalue weighted by molar-refractivity contribution is -0.117. The standard InChI is InChI=1S/C16H21N3O/c1-2-6-15(17)16(20)18-13-7-9-14(10-8-13)19-11-4-3-5-12-19/h1,7-10,15H,3-6,11-12,17H2,(H,18,20). The molecule has 4 heteroatoms. The molecule has 4 nitrogen and oxygen atoms in total. The van der Waals surface area contributed by atoms with E-state index >= 15 is 0 Å². The van der Waals surface area contributed by atoms with E-state index in [0.717, 1.165) is 18.8 Å². The second-order valence-electron chi connectivity index (χ2n) is 5.10. The molecule has 1 aromatic carbocycles. The maximum absolute atomic E-state index is 11.7. The number of hydrogen-bond acceptors (Lipinski definition) is 3. The van der Waals surface area contributed by atoms with Crippen molar-refractivity contribution in [2.45, 2.75) is 31.7 Å². The fourth-order valence-electron chi connectivity index (χ4n) is 2.36. The Bertz CT molecular complexity index is 483. The van der Waals surface area contributed by atoms with Crippen molar-refractivity contribution in [1.29, 1.82) is 0 Å². The fraction of sp³-hybridized carbons (Fsp3) is 0.438. The highest BCUT2D eigenvalue weighted by atomic mass is 16.2. The second kappa shape index (κ2) is 6.97. The van der Waals surface area contributed by atoms with Crippen molar-refractivity contribution in [3.05, 3.63) is 24.3 Å². The molecule has 1 aliphatic heterocycles. The minimum Gasteiger partial charge on any atom is -0.372 e. The SMILES string of the molecule is C#CCC(N)C(=O)Nc1ccc(N2CCCCC2)cc1.